The Morgan fingerprint density at radius 2 is 1.67 bits per heavy atom. The van der Waals surface area contributed by atoms with Crippen molar-refractivity contribution < 1.29 is 13.9 Å². The number of hydrogen-bond donors (Lipinski definition) is 1. The van der Waals surface area contributed by atoms with Crippen LogP contribution in [0.4, 0.5) is 5.69 Å². The minimum atomic E-state index is -0.391. The van der Waals surface area contributed by atoms with Crippen LogP contribution in [-0.4, -0.2) is 24.4 Å². The van der Waals surface area contributed by atoms with Gasteiger partial charge in [0.25, 0.3) is 0 Å². The van der Waals surface area contributed by atoms with Crippen LogP contribution >= 0.6 is 11.6 Å². The van der Waals surface area contributed by atoms with Crippen molar-refractivity contribution in [3.8, 4) is 23.0 Å². The predicted molar refractivity (Wildman–Crippen MR) is 116 cm³/mol. The number of benzene rings is 3. The van der Waals surface area contributed by atoms with Crippen molar-refractivity contribution in [3.05, 3.63) is 89.3 Å². The number of nitrogens with one attached hydrogen (secondary N) is 1. The molecule has 0 saturated heterocycles. The van der Waals surface area contributed by atoms with E-state index >= 15 is 0 Å². The fraction of sp³-hybridized carbons (Fsp3) is 0.130. The van der Waals surface area contributed by atoms with Crippen LogP contribution in [0.15, 0.2) is 77.2 Å². The van der Waals surface area contributed by atoms with Crippen LogP contribution in [0.25, 0.3) is 11.5 Å². The molecule has 1 N–H and O–H groups in total. The highest BCUT2D eigenvalue weighted by molar-refractivity contribution is 6.33. The predicted octanol–water partition coefficient (Wildman–Crippen LogP) is 5.61. The number of hydrogen-bond acceptors (Lipinski definition) is 6. The molecule has 0 saturated carbocycles. The molecule has 1 atom stereocenters. The van der Waals surface area contributed by atoms with Gasteiger partial charge in [0.1, 0.15) is 17.5 Å². The van der Waals surface area contributed by atoms with Gasteiger partial charge in [-0.15, -0.1) is 10.2 Å². The molecule has 1 aromatic heterocycles. The summed E-state index contributed by atoms with van der Waals surface area (Å²) in [5.74, 6) is 2.11. The number of nitrogens with zero attached hydrogens (tertiary/aromatic N) is 2. The second-order valence-electron chi connectivity index (χ2n) is 6.48. The zero-order valence-corrected chi connectivity index (χ0v) is 17.3. The molecule has 152 valence electrons. The maximum absolute atomic E-state index is 6.29. The van der Waals surface area contributed by atoms with Crippen molar-refractivity contribution in [1.29, 1.82) is 0 Å². The lowest BCUT2D eigenvalue weighted by Gasteiger charge is -2.19. The molecule has 4 aromatic rings. The molecule has 6 nitrogen and oxygen atoms in total. The highest BCUT2D eigenvalue weighted by atomic mass is 35.5. The fourth-order valence-electron chi connectivity index (χ4n) is 3.10. The Bertz CT molecular complexity index is 1130. The zero-order chi connectivity index (χ0) is 20.9. The van der Waals surface area contributed by atoms with Gasteiger partial charge in [0.2, 0.25) is 11.8 Å². The van der Waals surface area contributed by atoms with E-state index in [0.717, 1.165) is 11.3 Å². The standard InChI is InChI=1S/C23H20ClN3O3/c1-28-16-12-13-19(20(14-16)29-2)25-21(15-8-4-3-5-9-15)23-27-26-22(30-23)17-10-6-7-11-18(17)24/h3-14,21,25H,1-2H3/t21-/m0/s1. The Morgan fingerprint density at radius 1 is 0.900 bits per heavy atom. The van der Waals surface area contributed by atoms with E-state index < -0.39 is 6.04 Å². The minimum Gasteiger partial charge on any atom is -0.497 e. The van der Waals surface area contributed by atoms with E-state index in [1.807, 2.05) is 66.7 Å². The summed E-state index contributed by atoms with van der Waals surface area (Å²) in [7, 11) is 3.23. The number of methoxy groups -OCH3 is 2. The van der Waals surface area contributed by atoms with E-state index in [2.05, 4.69) is 15.5 Å². The summed E-state index contributed by atoms with van der Waals surface area (Å²) in [6.45, 7) is 0. The van der Waals surface area contributed by atoms with Crippen molar-refractivity contribution in [2.45, 2.75) is 6.04 Å². The van der Waals surface area contributed by atoms with Crippen molar-refractivity contribution >= 4 is 17.3 Å². The van der Waals surface area contributed by atoms with Crippen LogP contribution in [0.1, 0.15) is 17.5 Å². The highest BCUT2D eigenvalue weighted by Gasteiger charge is 2.23. The molecule has 0 bridgehead atoms. The Hall–Kier alpha value is -3.51. The quantitative estimate of drug-likeness (QED) is 0.418. The molecule has 0 radical (unpaired) electrons. The Labute approximate surface area is 179 Å². The van der Waals surface area contributed by atoms with Gasteiger partial charge in [0.05, 0.1) is 30.5 Å². The van der Waals surface area contributed by atoms with Crippen LogP contribution in [-0.2, 0) is 0 Å². The summed E-state index contributed by atoms with van der Waals surface area (Å²) < 4.78 is 16.8. The summed E-state index contributed by atoms with van der Waals surface area (Å²) in [6, 6.07) is 22.4. The highest BCUT2D eigenvalue weighted by Crippen LogP contribution is 2.35. The minimum absolute atomic E-state index is 0.361. The van der Waals surface area contributed by atoms with Gasteiger partial charge in [-0.2, -0.15) is 0 Å². The number of ether oxygens (including phenoxy) is 2. The molecular weight excluding hydrogens is 402 g/mol. The van der Waals surface area contributed by atoms with Gasteiger partial charge in [-0.3, -0.25) is 0 Å². The van der Waals surface area contributed by atoms with Crippen LogP contribution in [0.3, 0.4) is 0 Å². The van der Waals surface area contributed by atoms with Gasteiger partial charge < -0.3 is 19.2 Å². The zero-order valence-electron chi connectivity index (χ0n) is 16.5. The number of rotatable bonds is 7. The van der Waals surface area contributed by atoms with Gasteiger partial charge in [0.15, 0.2) is 0 Å². The number of aromatic nitrogens is 2. The molecule has 7 heteroatoms. The Morgan fingerprint density at radius 3 is 2.40 bits per heavy atom. The van der Waals surface area contributed by atoms with E-state index in [4.69, 9.17) is 25.5 Å². The number of halogens is 1. The summed E-state index contributed by atoms with van der Waals surface area (Å²) in [4.78, 5) is 0. The fourth-order valence-corrected chi connectivity index (χ4v) is 3.32. The largest absolute Gasteiger partial charge is 0.497 e. The van der Waals surface area contributed by atoms with Gasteiger partial charge in [-0.1, -0.05) is 54.1 Å². The van der Waals surface area contributed by atoms with Gasteiger partial charge >= 0.3 is 0 Å². The average molecular weight is 422 g/mol. The lowest BCUT2D eigenvalue weighted by Crippen LogP contribution is -2.13. The molecule has 3 aromatic carbocycles. The van der Waals surface area contributed by atoms with E-state index in [1.165, 1.54) is 0 Å². The van der Waals surface area contributed by atoms with E-state index in [-0.39, 0.29) is 0 Å². The molecule has 0 unspecified atom stereocenters. The average Bonchev–Trinajstić information content (AvgIpc) is 3.28. The van der Waals surface area contributed by atoms with Crippen molar-refractivity contribution in [3.63, 3.8) is 0 Å². The molecule has 0 spiro atoms. The summed E-state index contributed by atoms with van der Waals surface area (Å²) >= 11 is 6.29. The Balaban J connectivity index is 1.73. The first kappa shape index (κ1) is 19.8. The molecule has 0 fully saturated rings. The third kappa shape index (κ3) is 4.09. The van der Waals surface area contributed by atoms with Gasteiger partial charge in [-0.05, 0) is 29.8 Å². The van der Waals surface area contributed by atoms with Crippen LogP contribution < -0.4 is 14.8 Å². The van der Waals surface area contributed by atoms with E-state index in [9.17, 15) is 0 Å². The molecule has 4 rings (SSSR count). The molecule has 0 aliphatic heterocycles. The normalized spacial score (nSPS) is 11.7. The second kappa shape index (κ2) is 8.88. The maximum Gasteiger partial charge on any atom is 0.249 e. The molecule has 30 heavy (non-hydrogen) atoms. The smallest absolute Gasteiger partial charge is 0.249 e. The SMILES string of the molecule is COc1ccc(N[C@@H](c2ccccc2)c2nnc(-c3ccccc3Cl)o2)c(OC)c1. The van der Waals surface area contributed by atoms with Gasteiger partial charge in [-0.25, -0.2) is 0 Å². The maximum atomic E-state index is 6.29. The van der Waals surface area contributed by atoms with Crippen molar-refractivity contribution in [2.24, 2.45) is 0 Å². The van der Waals surface area contributed by atoms with Crippen molar-refractivity contribution in [1.82, 2.24) is 10.2 Å². The lowest BCUT2D eigenvalue weighted by atomic mass is 10.1. The summed E-state index contributed by atoms with van der Waals surface area (Å²) in [6.07, 6.45) is 0. The molecule has 0 amide bonds. The van der Waals surface area contributed by atoms with E-state index in [0.29, 0.717) is 33.9 Å². The second-order valence-corrected chi connectivity index (χ2v) is 6.89. The van der Waals surface area contributed by atoms with Crippen molar-refractivity contribution in [2.75, 3.05) is 19.5 Å². The van der Waals surface area contributed by atoms with Crippen LogP contribution in [0, 0.1) is 0 Å². The Kier molecular flexibility index (Phi) is 5.86. The van der Waals surface area contributed by atoms with E-state index in [1.54, 1.807) is 20.3 Å². The van der Waals surface area contributed by atoms with Crippen LogP contribution in [0.5, 0.6) is 11.5 Å². The summed E-state index contributed by atoms with van der Waals surface area (Å²) in [5.41, 5.74) is 2.42. The molecule has 0 aliphatic carbocycles. The third-order valence-electron chi connectivity index (χ3n) is 4.63. The molecule has 1 heterocycles. The molecular formula is C23H20ClN3O3. The molecule has 0 aliphatic rings. The first-order valence-corrected chi connectivity index (χ1v) is 9.69. The van der Waals surface area contributed by atoms with Crippen LogP contribution in [0.2, 0.25) is 5.02 Å². The monoisotopic (exact) mass is 421 g/mol. The summed E-state index contributed by atoms with van der Waals surface area (Å²) in [5, 5.41) is 12.5. The topological polar surface area (TPSA) is 69.4 Å². The first-order valence-electron chi connectivity index (χ1n) is 9.31. The number of anilines is 1. The lowest BCUT2D eigenvalue weighted by molar-refractivity contribution is 0.395. The first-order chi connectivity index (χ1) is 14.7. The third-order valence-corrected chi connectivity index (χ3v) is 4.96. The van der Waals surface area contributed by atoms with Gasteiger partial charge in [0, 0.05) is 6.07 Å².